The molecule has 1 aromatic heterocycles. The molecule has 0 fully saturated rings. The fourth-order valence-corrected chi connectivity index (χ4v) is 2.94. The lowest BCUT2D eigenvalue weighted by atomic mass is 10.1. The molecule has 3 N–H and O–H groups in total. The van der Waals surface area contributed by atoms with Crippen molar-refractivity contribution in [3.63, 3.8) is 0 Å². The van der Waals surface area contributed by atoms with Crippen molar-refractivity contribution in [2.45, 2.75) is 0 Å². The fourth-order valence-electron chi connectivity index (χ4n) is 2.38. The van der Waals surface area contributed by atoms with Gasteiger partial charge in [0, 0.05) is 14.8 Å². The molecule has 148 valence electrons. The highest BCUT2D eigenvalue weighted by Gasteiger charge is 2.12. The lowest BCUT2D eigenvalue weighted by Crippen LogP contribution is -2.25. The number of aromatic carboxylic acids is 1. The molecule has 0 unspecified atom stereocenters. The Labute approximate surface area is 184 Å². The van der Waals surface area contributed by atoms with Crippen LogP contribution in [0, 0.1) is 3.57 Å². The first kappa shape index (κ1) is 20.9. The Bertz CT molecular complexity index is 1060. The van der Waals surface area contributed by atoms with Crippen molar-refractivity contribution in [1.29, 1.82) is 0 Å². The smallest absolute Gasteiger partial charge is 0.337 e. The first-order chi connectivity index (χ1) is 13.9. The molecular formula is C20H15ClIN3O4. The third kappa shape index (κ3) is 5.81. The number of carboxylic acid groups (broad SMARTS) is 1. The van der Waals surface area contributed by atoms with Gasteiger partial charge in [-0.05, 0) is 77.2 Å². The quantitative estimate of drug-likeness (QED) is 0.241. The van der Waals surface area contributed by atoms with E-state index in [4.69, 9.17) is 21.1 Å². The van der Waals surface area contributed by atoms with E-state index in [1.54, 1.807) is 18.2 Å². The second kappa shape index (κ2) is 9.57. The third-order valence-corrected chi connectivity index (χ3v) is 4.84. The summed E-state index contributed by atoms with van der Waals surface area (Å²) >= 11 is 8.08. The molecule has 0 atom stereocenters. The summed E-state index contributed by atoms with van der Waals surface area (Å²) in [4.78, 5) is 23.0. The minimum Gasteiger partial charge on any atom is -0.478 e. The van der Waals surface area contributed by atoms with E-state index in [-0.39, 0.29) is 23.0 Å². The van der Waals surface area contributed by atoms with Gasteiger partial charge >= 0.3 is 5.97 Å². The minimum absolute atomic E-state index is 0.0105. The molecule has 0 aliphatic heterocycles. The largest absolute Gasteiger partial charge is 0.478 e. The van der Waals surface area contributed by atoms with Crippen LogP contribution in [0.25, 0.3) is 11.3 Å². The van der Waals surface area contributed by atoms with Gasteiger partial charge in [-0.1, -0.05) is 11.6 Å². The average molecular weight is 524 g/mol. The standard InChI is InChI=1S/C20H15ClIN3O4/c21-17-7-1-12(9-16(17)20(27)28)18-8-6-15(29-18)10-24-25-19(26)11-23-14-4-2-13(22)3-5-14/h1-10,23H,11H2,(H,25,26)(H,27,28)/b24-10-. The molecular weight excluding hydrogens is 509 g/mol. The van der Waals surface area contributed by atoms with Crippen LogP contribution in [0.15, 0.2) is 64.1 Å². The number of amides is 1. The zero-order valence-corrected chi connectivity index (χ0v) is 17.8. The summed E-state index contributed by atoms with van der Waals surface area (Å²) in [5.74, 6) is -0.572. The zero-order valence-electron chi connectivity index (χ0n) is 14.9. The van der Waals surface area contributed by atoms with Crippen LogP contribution in [-0.4, -0.2) is 29.7 Å². The van der Waals surface area contributed by atoms with Gasteiger partial charge in [0.15, 0.2) is 0 Å². The monoisotopic (exact) mass is 523 g/mol. The van der Waals surface area contributed by atoms with E-state index in [1.807, 2.05) is 24.3 Å². The average Bonchev–Trinajstić information content (AvgIpc) is 3.16. The maximum absolute atomic E-state index is 11.8. The highest BCUT2D eigenvalue weighted by molar-refractivity contribution is 14.1. The first-order valence-electron chi connectivity index (χ1n) is 8.37. The van der Waals surface area contributed by atoms with Crippen LogP contribution in [0.1, 0.15) is 16.1 Å². The molecule has 0 saturated carbocycles. The molecule has 7 nitrogen and oxygen atoms in total. The maximum Gasteiger partial charge on any atom is 0.337 e. The third-order valence-electron chi connectivity index (χ3n) is 3.79. The molecule has 0 bridgehead atoms. The number of nitrogens with one attached hydrogen (secondary N) is 2. The van der Waals surface area contributed by atoms with Crippen molar-refractivity contribution in [3.8, 4) is 11.3 Å². The van der Waals surface area contributed by atoms with Gasteiger partial charge in [-0.2, -0.15) is 5.10 Å². The Hall–Kier alpha value is -2.85. The maximum atomic E-state index is 11.8. The number of anilines is 1. The summed E-state index contributed by atoms with van der Waals surface area (Å²) in [7, 11) is 0. The molecule has 1 amide bonds. The van der Waals surface area contributed by atoms with Gasteiger partial charge in [0.2, 0.25) is 0 Å². The summed E-state index contributed by atoms with van der Waals surface area (Å²) in [6.45, 7) is 0.0735. The second-order valence-electron chi connectivity index (χ2n) is 5.86. The Morgan fingerprint density at radius 2 is 1.90 bits per heavy atom. The predicted octanol–water partition coefficient (Wildman–Crippen LogP) is 4.47. The molecule has 0 radical (unpaired) electrons. The Balaban J connectivity index is 1.56. The van der Waals surface area contributed by atoms with Crippen LogP contribution >= 0.6 is 34.2 Å². The van der Waals surface area contributed by atoms with Gasteiger partial charge in [-0.25, -0.2) is 10.2 Å². The van der Waals surface area contributed by atoms with Crippen LogP contribution in [0.2, 0.25) is 5.02 Å². The first-order valence-corrected chi connectivity index (χ1v) is 9.82. The molecule has 3 aromatic rings. The normalized spacial score (nSPS) is 10.8. The molecule has 3 rings (SSSR count). The van der Waals surface area contributed by atoms with Crippen LogP contribution in [-0.2, 0) is 4.79 Å². The lowest BCUT2D eigenvalue weighted by Gasteiger charge is -2.04. The predicted molar refractivity (Wildman–Crippen MR) is 119 cm³/mol. The van der Waals surface area contributed by atoms with Gasteiger partial charge in [-0.3, -0.25) is 4.79 Å². The number of hydrogen-bond donors (Lipinski definition) is 3. The topological polar surface area (TPSA) is 104 Å². The summed E-state index contributed by atoms with van der Waals surface area (Å²) in [5.41, 5.74) is 3.80. The minimum atomic E-state index is -1.12. The van der Waals surface area contributed by atoms with Crippen LogP contribution in [0.3, 0.4) is 0 Å². The SMILES string of the molecule is O=C(CNc1ccc(I)cc1)N/N=C\c1ccc(-c2ccc(Cl)c(C(=O)O)c2)o1. The number of nitrogens with zero attached hydrogens (tertiary/aromatic N) is 1. The molecule has 0 spiro atoms. The van der Waals surface area contributed by atoms with E-state index in [0.29, 0.717) is 17.1 Å². The fraction of sp³-hybridized carbons (Fsp3) is 0.0500. The summed E-state index contributed by atoms with van der Waals surface area (Å²) in [6, 6.07) is 15.6. The van der Waals surface area contributed by atoms with Crippen molar-refractivity contribution in [2.75, 3.05) is 11.9 Å². The number of furan rings is 1. The number of carbonyl (C=O) groups is 2. The van der Waals surface area contributed by atoms with E-state index in [9.17, 15) is 9.59 Å². The number of carboxylic acids is 1. The summed E-state index contributed by atoms with van der Waals surface area (Å²) < 4.78 is 6.72. The summed E-state index contributed by atoms with van der Waals surface area (Å²) in [6.07, 6.45) is 1.36. The molecule has 1 heterocycles. The Morgan fingerprint density at radius 3 is 2.62 bits per heavy atom. The number of hydrogen-bond acceptors (Lipinski definition) is 5. The Kier molecular flexibility index (Phi) is 6.89. The van der Waals surface area contributed by atoms with Crippen molar-refractivity contribution in [1.82, 2.24) is 5.43 Å². The molecule has 29 heavy (non-hydrogen) atoms. The highest BCUT2D eigenvalue weighted by Crippen LogP contribution is 2.26. The number of hydrazone groups is 1. The zero-order chi connectivity index (χ0) is 20.8. The van der Waals surface area contributed by atoms with E-state index in [2.05, 4.69) is 38.4 Å². The Morgan fingerprint density at radius 1 is 1.14 bits per heavy atom. The van der Waals surface area contributed by atoms with Crippen molar-refractivity contribution in [2.24, 2.45) is 5.10 Å². The van der Waals surface area contributed by atoms with Crippen molar-refractivity contribution >= 4 is 58.0 Å². The van der Waals surface area contributed by atoms with E-state index >= 15 is 0 Å². The van der Waals surface area contributed by atoms with Gasteiger partial charge in [0.1, 0.15) is 11.5 Å². The number of carbonyl (C=O) groups excluding carboxylic acids is 1. The molecule has 2 aromatic carbocycles. The van der Waals surface area contributed by atoms with Gasteiger partial charge in [0.25, 0.3) is 5.91 Å². The van der Waals surface area contributed by atoms with Crippen LogP contribution < -0.4 is 10.7 Å². The second-order valence-corrected chi connectivity index (χ2v) is 7.51. The van der Waals surface area contributed by atoms with E-state index < -0.39 is 5.97 Å². The molecule has 0 aliphatic rings. The van der Waals surface area contributed by atoms with Crippen LogP contribution in [0.4, 0.5) is 5.69 Å². The van der Waals surface area contributed by atoms with Gasteiger partial charge in [0.05, 0.1) is 23.3 Å². The van der Waals surface area contributed by atoms with Gasteiger partial charge < -0.3 is 14.8 Å². The molecule has 0 aliphatic carbocycles. The van der Waals surface area contributed by atoms with Gasteiger partial charge in [-0.15, -0.1) is 0 Å². The number of halogens is 2. The molecule has 0 saturated heterocycles. The van der Waals surface area contributed by atoms with Crippen molar-refractivity contribution in [3.05, 3.63) is 74.5 Å². The van der Waals surface area contributed by atoms with Crippen LogP contribution in [0.5, 0.6) is 0 Å². The van der Waals surface area contributed by atoms with E-state index in [0.717, 1.165) is 9.26 Å². The van der Waals surface area contributed by atoms with Crippen molar-refractivity contribution < 1.29 is 19.1 Å². The summed E-state index contributed by atoms with van der Waals surface area (Å²) in [5, 5.41) is 16.2. The number of benzene rings is 2. The number of rotatable bonds is 7. The lowest BCUT2D eigenvalue weighted by molar-refractivity contribution is -0.119. The van der Waals surface area contributed by atoms with E-state index in [1.165, 1.54) is 18.3 Å². The molecule has 9 heteroatoms. The highest BCUT2D eigenvalue weighted by atomic mass is 127.